The fraction of sp³-hybridized carbons (Fsp3) is 0.412. The van der Waals surface area contributed by atoms with Crippen LogP contribution in [0.2, 0.25) is 0 Å². The molecule has 110 valence electrons. The van der Waals surface area contributed by atoms with Crippen molar-refractivity contribution in [1.82, 2.24) is 15.3 Å². The molecule has 1 N–H and O–H groups in total. The van der Waals surface area contributed by atoms with E-state index in [2.05, 4.69) is 34.3 Å². The second-order valence-electron chi connectivity index (χ2n) is 5.50. The summed E-state index contributed by atoms with van der Waals surface area (Å²) < 4.78 is 5.71. The molecule has 3 rings (SSSR count). The van der Waals surface area contributed by atoms with Gasteiger partial charge in [-0.3, -0.25) is 4.98 Å². The van der Waals surface area contributed by atoms with Crippen molar-refractivity contribution in [3.63, 3.8) is 0 Å². The first kappa shape index (κ1) is 14.0. The Hall–Kier alpha value is -1.94. The fourth-order valence-corrected chi connectivity index (χ4v) is 2.16. The predicted molar refractivity (Wildman–Crippen MR) is 82.4 cm³/mol. The Morgan fingerprint density at radius 1 is 1.14 bits per heavy atom. The van der Waals surface area contributed by atoms with Crippen LogP contribution in [0.1, 0.15) is 37.4 Å². The van der Waals surface area contributed by atoms with Crippen LogP contribution in [0.25, 0.3) is 0 Å². The summed E-state index contributed by atoms with van der Waals surface area (Å²) >= 11 is 0. The van der Waals surface area contributed by atoms with Gasteiger partial charge in [0.2, 0.25) is 5.88 Å². The quantitative estimate of drug-likeness (QED) is 0.845. The normalized spacial score (nSPS) is 14.1. The summed E-state index contributed by atoms with van der Waals surface area (Å²) in [6.07, 6.45) is 8.27. The van der Waals surface area contributed by atoms with E-state index in [-0.39, 0.29) is 0 Å². The summed E-state index contributed by atoms with van der Waals surface area (Å²) in [5, 5.41) is 3.42. The molecule has 1 heterocycles. The van der Waals surface area contributed by atoms with Crippen LogP contribution < -0.4 is 10.1 Å². The molecule has 21 heavy (non-hydrogen) atoms. The largest absolute Gasteiger partial charge is 0.438 e. The van der Waals surface area contributed by atoms with E-state index in [1.165, 1.54) is 18.4 Å². The minimum Gasteiger partial charge on any atom is -0.438 e. The summed E-state index contributed by atoms with van der Waals surface area (Å²) in [5.74, 6) is 1.33. The Bertz CT molecular complexity index is 562. The highest BCUT2D eigenvalue weighted by Crippen LogP contribution is 2.21. The van der Waals surface area contributed by atoms with Gasteiger partial charge in [-0.15, -0.1) is 0 Å². The predicted octanol–water partition coefficient (Wildman–Crippen LogP) is 3.47. The molecule has 0 atom stereocenters. The molecular weight excluding hydrogens is 262 g/mol. The van der Waals surface area contributed by atoms with Gasteiger partial charge in [0.05, 0.1) is 18.1 Å². The highest BCUT2D eigenvalue weighted by atomic mass is 16.5. The molecule has 1 aromatic heterocycles. The number of ether oxygens (including phenoxy) is 1. The lowest BCUT2D eigenvalue weighted by Crippen LogP contribution is -2.16. The van der Waals surface area contributed by atoms with Gasteiger partial charge in [0.15, 0.2) is 0 Å². The van der Waals surface area contributed by atoms with Gasteiger partial charge in [0.1, 0.15) is 5.75 Å². The van der Waals surface area contributed by atoms with Gasteiger partial charge in [-0.25, -0.2) is 4.98 Å². The second-order valence-corrected chi connectivity index (χ2v) is 5.50. The van der Waals surface area contributed by atoms with Gasteiger partial charge in [-0.05, 0) is 37.0 Å². The maximum Gasteiger partial charge on any atom is 0.237 e. The van der Waals surface area contributed by atoms with Crippen molar-refractivity contribution in [3.05, 3.63) is 47.9 Å². The lowest BCUT2D eigenvalue weighted by atomic mass is 10.1. The van der Waals surface area contributed by atoms with Gasteiger partial charge in [-0.2, -0.15) is 0 Å². The van der Waals surface area contributed by atoms with E-state index in [0.29, 0.717) is 11.9 Å². The van der Waals surface area contributed by atoms with Gasteiger partial charge in [-0.1, -0.05) is 25.5 Å². The third kappa shape index (κ3) is 4.26. The summed E-state index contributed by atoms with van der Waals surface area (Å²) in [5.41, 5.74) is 2.28. The zero-order valence-electron chi connectivity index (χ0n) is 12.4. The van der Waals surface area contributed by atoms with Crippen molar-refractivity contribution in [2.75, 3.05) is 0 Å². The monoisotopic (exact) mass is 283 g/mol. The van der Waals surface area contributed by atoms with Crippen LogP contribution >= 0.6 is 0 Å². The number of hydrogen-bond acceptors (Lipinski definition) is 4. The van der Waals surface area contributed by atoms with Crippen LogP contribution in [-0.2, 0) is 13.0 Å². The van der Waals surface area contributed by atoms with Crippen molar-refractivity contribution < 1.29 is 4.74 Å². The van der Waals surface area contributed by atoms with Crippen molar-refractivity contribution in [2.45, 2.75) is 45.2 Å². The summed E-state index contributed by atoms with van der Waals surface area (Å²) in [7, 11) is 0. The molecule has 0 amide bonds. The third-order valence-electron chi connectivity index (χ3n) is 3.52. The molecule has 4 nitrogen and oxygen atoms in total. The van der Waals surface area contributed by atoms with Crippen LogP contribution in [0.4, 0.5) is 0 Å². The molecule has 0 bridgehead atoms. The Morgan fingerprint density at radius 2 is 1.95 bits per heavy atom. The summed E-state index contributed by atoms with van der Waals surface area (Å²) in [6.45, 7) is 2.96. The molecule has 0 unspecified atom stereocenters. The molecule has 0 saturated heterocycles. The lowest BCUT2D eigenvalue weighted by molar-refractivity contribution is 0.458. The van der Waals surface area contributed by atoms with Gasteiger partial charge >= 0.3 is 0 Å². The van der Waals surface area contributed by atoms with E-state index >= 15 is 0 Å². The smallest absolute Gasteiger partial charge is 0.237 e. The van der Waals surface area contributed by atoms with E-state index in [1.54, 1.807) is 12.4 Å². The van der Waals surface area contributed by atoms with Crippen LogP contribution in [0.3, 0.4) is 0 Å². The molecule has 0 radical (unpaired) electrons. The standard InChI is InChI=1S/C17H21N3O/c1-2-3-13-4-8-16(9-5-13)21-17-12-19-15(11-20-17)10-18-14-6-7-14/h4-5,8-9,11-12,14,18H,2-3,6-7,10H2,1H3. The van der Waals surface area contributed by atoms with Gasteiger partial charge < -0.3 is 10.1 Å². The molecule has 0 spiro atoms. The maximum absolute atomic E-state index is 5.71. The second kappa shape index (κ2) is 6.68. The molecule has 1 saturated carbocycles. The number of hydrogen-bond donors (Lipinski definition) is 1. The van der Waals surface area contributed by atoms with Crippen molar-refractivity contribution in [2.24, 2.45) is 0 Å². The summed E-state index contributed by atoms with van der Waals surface area (Å²) in [6, 6.07) is 8.84. The first-order valence-electron chi connectivity index (χ1n) is 7.64. The molecule has 4 heteroatoms. The number of rotatable bonds is 7. The van der Waals surface area contributed by atoms with E-state index < -0.39 is 0 Å². The van der Waals surface area contributed by atoms with Gasteiger partial charge in [0.25, 0.3) is 0 Å². The van der Waals surface area contributed by atoms with E-state index in [4.69, 9.17) is 4.74 Å². The molecular formula is C17H21N3O. The Kier molecular flexibility index (Phi) is 4.46. The number of nitrogens with zero attached hydrogens (tertiary/aromatic N) is 2. The third-order valence-corrected chi connectivity index (χ3v) is 3.52. The number of aromatic nitrogens is 2. The average molecular weight is 283 g/mol. The Labute approximate surface area is 125 Å². The van der Waals surface area contributed by atoms with Gasteiger partial charge in [0, 0.05) is 12.6 Å². The molecule has 1 aliphatic carbocycles. The highest BCUT2D eigenvalue weighted by molar-refractivity contribution is 5.30. The zero-order chi connectivity index (χ0) is 14.5. The summed E-state index contributed by atoms with van der Waals surface area (Å²) in [4.78, 5) is 8.68. The maximum atomic E-state index is 5.71. The van der Waals surface area contributed by atoms with Crippen LogP contribution in [0.15, 0.2) is 36.7 Å². The number of aryl methyl sites for hydroxylation is 1. The first-order valence-corrected chi connectivity index (χ1v) is 7.64. The zero-order valence-corrected chi connectivity index (χ0v) is 12.4. The van der Waals surface area contributed by atoms with Crippen LogP contribution in [0, 0.1) is 0 Å². The van der Waals surface area contributed by atoms with Crippen molar-refractivity contribution >= 4 is 0 Å². The van der Waals surface area contributed by atoms with Crippen LogP contribution in [-0.4, -0.2) is 16.0 Å². The van der Waals surface area contributed by atoms with E-state index in [1.807, 2.05) is 12.1 Å². The topological polar surface area (TPSA) is 47.0 Å². The highest BCUT2D eigenvalue weighted by Gasteiger charge is 2.20. The molecule has 1 aliphatic rings. The molecule has 1 aromatic carbocycles. The molecule has 1 fully saturated rings. The number of nitrogens with one attached hydrogen (secondary N) is 1. The van der Waals surface area contributed by atoms with Crippen molar-refractivity contribution in [1.29, 1.82) is 0 Å². The lowest BCUT2D eigenvalue weighted by Gasteiger charge is -2.06. The van der Waals surface area contributed by atoms with E-state index in [9.17, 15) is 0 Å². The number of benzene rings is 1. The Morgan fingerprint density at radius 3 is 2.57 bits per heavy atom. The minimum absolute atomic E-state index is 0.536. The minimum atomic E-state index is 0.536. The van der Waals surface area contributed by atoms with Crippen LogP contribution in [0.5, 0.6) is 11.6 Å². The fourth-order valence-electron chi connectivity index (χ4n) is 2.16. The molecule has 0 aliphatic heterocycles. The van der Waals surface area contributed by atoms with E-state index in [0.717, 1.165) is 30.8 Å². The Balaban J connectivity index is 1.56. The van der Waals surface area contributed by atoms with Crippen molar-refractivity contribution in [3.8, 4) is 11.6 Å². The average Bonchev–Trinajstić information content (AvgIpc) is 3.33. The first-order chi connectivity index (χ1) is 10.3. The molecule has 2 aromatic rings. The SMILES string of the molecule is CCCc1ccc(Oc2cnc(CNC3CC3)cn2)cc1.